The number of hydrogen-bond acceptors (Lipinski definition) is 6. The maximum absolute atomic E-state index is 11.7. The van der Waals surface area contributed by atoms with E-state index in [9.17, 15) is 9.59 Å². The van der Waals surface area contributed by atoms with Crippen LogP contribution in [0.15, 0.2) is 34.7 Å². The molecule has 0 fully saturated rings. The second-order valence-corrected chi connectivity index (χ2v) is 5.41. The van der Waals surface area contributed by atoms with Crippen molar-refractivity contribution in [2.24, 2.45) is 5.10 Å². The molecule has 1 N–H and O–H groups in total. The van der Waals surface area contributed by atoms with Gasteiger partial charge in [0.05, 0.1) is 25.3 Å². The van der Waals surface area contributed by atoms with E-state index in [1.807, 2.05) is 12.3 Å². The third kappa shape index (κ3) is 4.49. The lowest BCUT2D eigenvalue weighted by molar-refractivity contribution is -0.120. The Morgan fingerprint density at radius 2 is 2.09 bits per heavy atom. The number of hydrazone groups is 1. The van der Waals surface area contributed by atoms with E-state index in [1.54, 1.807) is 24.3 Å². The van der Waals surface area contributed by atoms with E-state index in [2.05, 4.69) is 20.2 Å². The highest BCUT2D eigenvalue weighted by molar-refractivity contribution is 7.09. The van der Waals surface area contributed by atoms with Crippen molar-refractivity contribution in [3.8, 4) is 0 Å². The van der Waals surface area contributed by atoms with Gasteiger partial charge in [0.25, 0.3) is 0 Å². The van der Waals surface area contributed by atoms with Gasteiger partial charge >= 0.3 is 5.97 Å². The molecule has 0 spiro atoms. The monoisotopic (exact) mass is 317 g/mol. The van der Waals surface area contributed by atoms with Gasteiger partial charge in [0.2, 0.25) is 5.91 Å². The zero-order valence-corrected chi connectivity index (χ0v) is 13.0. The number of aryl methyl sites for hydroxylation is 1. The molecule has 0 aliphatic heterocycles. The van der Waals surface area contributed by atoms with Gasteiger partial charge in [-0.15, -0.1) is 11.3 Å². The summed E-state index contributed by atoms with van der Waals surface area (Å²) < 4.78 is 4.61. The average Bonchev–Trinajstić information content (AvgIpc) is 2.92. The summed E-state index contributed by atoms with van der Waals surface area (Å²) >= 11 is 1.45. The second kappa shape index (κ2) is 7.46. The van der Waals surface area contributed by atoms with Crippen molar-refractivity contribution < 1.29 is 14.3 Å². The Morgan fingerprint density at radius 3 is 2.68 bits per heavy atom. The van der Waals surface area contributed by atoms with Crippen LogP contribution in [0.3, 0.4) is 0 Å². The number of esters is 1. The maximum Gasteiger partial charge on any atom is 0.337 e. The van der Waals surface area contributed by atoms with Crippen LogP contribution in [0.4, 0.5) is 0 Å². The van der Waals surface area contributed by atoms with Crippen molar-refractivity contribution >= 4 is 29.4 Å². The molecule has 0 unspecified atom stereocenters. The van der Waals surface area contributed by atoms with E-state index in [-0.39, 0.29) is 12.3 Å². The number of ether oxygens (including phenoxy) is 1. The number of thiazole rings is 1. The quantitative estimate of drug-likeness (QED) is 0.519. The van der Waals surface area contributed by atoms with Gasteiger partial charge in [0.15, 0.2) is 0 Å². The molecular weight excluding hydrogens is 302 g/mol. The fourth-order valence-electron chi connectivity index (χ4n) is 1.66. The minimum atomic E-state index is -0.393. The highest BCUT2D eigenvalue weighted by Gasteiger charge is 2.06. The second-order valence-electron chi connectivity index (χ2n) is 4.47. The molecule has 2 rings (SSSR count). The number of methoxy groups -OCH3 is 1. The van der Waals surface area contributed by atoms with Gasteiger partial charge in [-0.05, 0) is 24.6 Å². The molecule has 0 saturated heterocycles. The predicted molar refractivity (Wildman–Crippen MR) is 84.1 cm³/mol. The highest BCUT2D eigenvalue weighted by Crippen LogP contribution is 2.09. The number of nitrogens with zero attached hydrogens (tertiary/aromatic N) is 2. The number of carbonyl (C=O) groups excluding carboxylic acids is 2. The lowest BCUT2D eigenvalue weighted by Crippen LogP contribution is -2.19. The van der Waals surface area contributed by atoms with Crippen LogP contribution in [0, 0.1) is 6.92 Å². The topological polar surface area (TPSA) is 80.6 Å². The van der Waals surface area contributed by atoms with E-state index < -0.39 is 5.97 Å². The van der Waals surface area contributed by atoms with Crippen LogP contribution in [-0.2, 0) is 16.0 Å². The molecule has 6 nitrogen and oxygen atoms in total. The van der Waals surface area contributed by atoms with Crippen molar-refractivity contribution in [1.82, 2.24) is 10.4 Å². The Bertz CT molecular complexity index is 692. The van der Waals surface area contributed by atoms with Crippen LogP contribution in [0.25, 0.3) is 0 Å². The minimum Gasteiger partial charge on any atom is -0.465 e. The van der Waals surface area contributed by atoms with Crippen LogP contribution in [0.2, 0.25) is 0 Å². The third-order valence-electron chi connectivity index (χ3n) is 2.71. The van der Waals surface area contributed by atoms with E-state index >= 15 is 0 Å². The molecule has 1 aromatic heterocycles. The molecule has 0 atom stereocenters. The summed E-state index contributed by atoms with van der Waals surface area (Å²) in [6.45, 7) is 1.88. The fraction of sp³-hybridized carbons (Fsp3) is 0.200. The Morgan fingerprint density at radius 1 is 1.36 bits per heavy atom. The summed E-state index contributed by atoms with van der Waals surface area (Å²) in [5, 5.41) is 6.53. The first-order chi connectivity index (χ1) is 10.6. The van der Waals surface area contributed by atoms with Crippen molar-refractivity contribution in [1.29, 1.82) is 0 Å². The Balaban J connectivity index is 1.86. The van der Waals surface area contributed by atoms with Gasteiger partial charge in [-0.3, -0.25) is 4.79 Å². The fourth-order valence-corrected chi connectivity index (χ4v) is 2.43. The first kappa shape index (κ1) is 15.8. The van der Waals surface area contributed by atoms with E-state index in [4.69, 9.17) is 0 Å². The lowest BCUT2D eigenvalue weighted by atomic mass is 10.1. The SMILES string of the molecule is COC(=O)c1ccc(/C=N\NC(=O)Cc2nc(C)cs2)cc1. The number of hydrogen-bond donors (Lipinski definition) is 1. The molecule has 22 heavy (non-hydrogen) atoms. The van der Waals surface area contributed by atoms with Crippen LogP contribution in [0.1, 0.15) is 26.6 Å². The first-order valence-corrected chi connectivity index (χ1v) is 7.37. The molecular formula is C15H15N3O3S. The number of rotatable bonds is 5. The van der Waals surface area contributed by atoms with Crippen molar-refractivity contribution in [2.45, 2.75) is 13.3 Å². The Labute approximate surface area is 131 Å². The summed E-state index contributed by atoms with van der Waals surface area (Å²) in [6.07, 6.45) is 1.71. The van der Waals surface area contributed by atoms with Gasteiger partial charge in [-0.2, -0.15) is 5.10 Å². The van der Waals surface area contributed by atoms with E-state index in [1.165, 1.54) is 24.7 Å². The molecule has 1 amide bonds. The molecule has 0 aliphatic carbocycles. The van der Waals surface area contributed by atoms with Gasteiger partial charge < -0.3 is 4.74 Å². The number of carbonyl (C=O) groups is 2. The first-order valence-electron chi connectivity index (χ1n) is 6.50. The van der Waals surface area contributed by atoms with Crippen molar-refractivity contribution in [2.75, 3.05) is 7.11 Å². The molecule has 0 aliphatic rings. The molecule has 1 aromatic carbocycles. The van der Waals surface area contributed by atoms with Crippen LogP contribution in [0.5, 0.6) is 0 Å². The number of nitrogens with one attached hydrogen (secondary N) is 1. The van der Waals surface area contributed by atoms with Gasteiger partial charge in [-0.25, -0.2) is 15.2 Å². The highest BCUT2D eigenvalue weighted by atomic mass is 32.1. The van der Waals surface area contributed by atoms with Gasteiger partial charge in [0, 0.05) is 11.1 Å². The minimum absolute atomic E-state index is 0.205. The Hall–Kier alpha value is -2.54. The summed E-state index contributed by atoms with van der Waals surface area (Å²) in [7, 11) is 1.33. The Kier molecular flexibility index (Phi) is 5.37. The molecule has 0 bridgehead atoms. The van der Waals surface area contributed by atoms with Crippen LogP contribution >= 0.6 is 11.3 Å². The van der Waals surface area contributed by atoms with Gasteiger partial charge in [0.1, 0.15) is 5.01 Å². The normalized spacial score (nSPS) is 10.6. The summed E-state index contributed by atoms with van der Waals surface area (Å²) in [4.78, 5) is 27.2. The average molecular weight is 317 g/mol. The largest absolute Gasteiger partial charge is 0.465 e. The molecule has 7 heteroatoms. The molecule has 2 aromatic rings. The smallest absolute Gasteiger partial charge is 0.337 e. The van der Waals surface area contributed by atoms with Crippen molar-refractivity contribution in [3.63, 3.8) is 0 Å². The van der Waals surface area contributed by atoms with Crippen LogP contribution < -0.4 is 5.43 Å². The summed E-state index contributed by atoms with van der Waals surface area (Å²) in [5.74, 6) is -0.618. The predicted octanol–water partition coefficient (Wildman–Crippen LogP) is 1.93. The van der Waals surface area contributed by atoms with Crippen molar-refractivity contribution in [3.05, 3.63) is 51.5 Å². The van der Waals surface area contributed by atoms with Gasteiger partial charge in [-0.1, -0.05) is 12.1 Å². The molecule has 1 heterocycles. The van der Waals surface area contributed by atoms with Crippen LogP contribution in [-0.4, -0.2) is 30.2 Å². The standard InChI is InChI=1S/C15H15N3O3S/c1-10-9-22-14(17-10)7-13(19)18-16-8-11-3-5-12(6-4-11)15(20)21-2/h3-6,8-9H,7H2,1-2H3,(H,18,19)/b16-8-. The zero-order chi connectivity index (χ0) is 15.9. The number of amides is 1. The third-order valence-corrected chi connectivity index (χ3v) is 3.68. The number of benzene rings is 1. The summed E-state index contributed by atoms with van der Waals surface area (Å²) in [6, 6.07) is 6.69. The summed E-state index contributed by atoms with van der Waals surface area (Å²) in [5.41, 5.74) is 4.57. The molecule has 0 radical (unpaired) electrons. The molecule has 114 valence electrons. The van der Waals surface area contributed by atoms with E-state index in [0.29, 0.717) is 5.56 Å². The lowest BCUT2D eigenvalue weighted by Gasteiger charge is -1.99. The molecule has 0 saturated carbocycles. The van der Waals surface area contributed by atoms with E-state index in [0.717, 1.165) is 16.3 Å². The zero-order valence-electron chi connectivity index (χ0n) is 12.2. The number of aromatic nitrogens is 1. The maximum atomic E-state index is 11.7.